The first kappa shape index (κ1) is 14.2. The highest BCUT2D eigenvalue weighted by molar-refractivity contribution is 5.66. The first-order chi connectivity index (χ1) is 6.97. The molecule has 1 N–H and O–H groups in total. The molecule has 0 aromatic rings. The monoisotopic (exact) mass is 212 g/mol. The van der Waals surface area contributed by atoms with E-state index < -0.39 is 5.97 Å². The van der Waals surface area contributed by atoms with Crippen molar-refractivity contribution in [1.29, 1.82) is 0 Å². The summed E-state index contributed by atoms with van der Waals surface area (Å²) in [5.41, 5.74) is 0. The summed E-state index contributed by atoms with van der Waals surface area (Å²) in [4.78, 5) is 10.5. The van der Waals surface area contributed by atoms with E-state index in [-0.39, 0.29) is 5.92 Å². The number of allylic oxidation sites excluding steroid dienone is 2. The van der Waals surface area contributed by atoms with E-state index in [1.165, 1.54) is 0 Å². The van der Waals surface area contributed by atoms with Gasteiger partial charge >= 0.3 is 5.97 Å². The van der Waals surface area contributed by atoms with Crippen LogP contribution in [0.5, 0.6) is 0 Å². The van der Waals surface area contributed by atoms with Crippen molar-refractivity contribution in [3.05, 3.63) is 12.2 Å². The second kappa shape index (κ2) is 7.49. The molecule has 15 heavy (non-hydrogen) atoms. The Morgan fingerprint density at radius 2 is 1.80 bits per heavy atom. The Hall–Kier alpha value is -0.790. The highest BCUT2D eigenvalue weighted by Gasteiger charge is 2.15. The zero-order chi connectivity index (χ0) is 11.8. The molecule has 0 radical (unpaired) electrons. The lowest BCUT2D eigenvalue weighted by molar-refractivity contribution is -0.138. The largest absolute Gasteiger partial charge is 0.481 e. The Labute approximate surface area is 93.4 Å². The lowest BCUT2D eigenvalue weighted by Crippen LogP contribution is -2.13. The Bertz CT molecular complexity index is 209. The molecule has 0 heterocycles. The van der Waals surface area contributed by atoms with E-state index in [9.17, 15) is 4.79 Å². The van der Waals surface area contributed by atoms with E-state index in [0.717, 1.165) is 12.8 Å². The molecule has 0 aromatic carbocycles. The molecule has 3 atom stereocenters. The molecule has 2 heteroatoms. The van der Waals surface area contributed by atoms with Gasteiger partial charge in [-0.3, -0.25) is 4.79 Å². The fourth-order valence-corrected chi connectivity index (χ4v) is 1.71. The second-order valence-electron chi connectivity index (χ2n) is 4.63. The van der Waals surface area contributed by atoms with Gasteiger partial charge in [-0.25, -0.2) is 0 Å². The number of rotatable bonds is 7. The maximum Gasteiger partial charge on any atom is 0.303 e. The van der Waals surface area contributed by atoms with E-state index in [1.807, 2.05) is 13.8 Å². The van der Waals surface area contributed by atoms with Gasteiger partial charge in [0.2, 0.25) is 0 Å². The third-order valence-corrected chi connectivity index (χ3v) is 3.07. The summed E-state index contributed by atoms with van der Waals surface area (Å²) in [6.07, 6.45) is 6.83. The third-order valence-electron chi connectivity index (χ3n) is 3.07. The molecule has 0 fully saturated rings. The van der Waals surface area contributed by atoms with Crippen molar-refractivity contribution in [3.63, 3.8) is 0 Å². The molecule has 0 bridgehead atoms. The van der Waals surface area contributed by atoms with Crippen LogP contribution in [0.3, 0.4) is 0 Å². The maximum absolute atomic E-state index is 10.5. The summed E-state index contributed by atoms with van der Waals surface area (Å²) in [6, 6.07) is 0. The van der Waals surface area contributed by atoms with Gasteiger partial charge in [0.25, 0.3) is 0 Å². The van der Waals surface area contributed by atoms with Crippen LogP contribution in [0.25, 0.3) is 0 Å². The van der Waals surface area contributed by atoms with Crippen LogP contribution < -0.4 is 0 Å². The van der Waals surface area contributed by atoms with Crippen molar-refractivity contribution < 1.29 is 9.90 Å². The number of hydrogen-bond acceptors (Lipinski definition) is 1. The van der Waals surface area contributed by atoms with Gasteiger partial charge in [-0.05, 0) is 37.5 Å². The molecule has 0 aliphatic heterocycles. The number of carboxylic acid groups (broad SMARTS) is 1. The molecule has 88 valence electrons. The minimum Gasteiger partial charge on any atom is -0.481 e. The van der Waals surface area contributed by atoms with Crippen LogP contribution in [-0.2, 0) is 4.79 Å². The standard InChI is InChI=1S/C13H24O2/c1-5-6-10(2)7-8-11(3)12(4)9-13(14)15/h5-6,10-12H,7-9H2,1-4H3,(H,14,15). The van der Waals surface area contributed by atoms with Gasteiger partial charge in [0.05, 0.1) is 0 Å². The average molecular weight is 212 g/mol. The fourth-order valence-electron chi connectivity index (χ4n) is 1.71. The molecule has 0 spiro atoms. The first-order valence-electron chi connectivity index (χ1n) is 5.82. The van der Waals surface area contributed by atoms with Crippen molar-refractivity contribution in [1.82, 2.24) is 0 Å². The summed E-state index contributed by atoms with van der Waals surface area (Å²) in [6.45, 7) is 8.41. The van der Waals surface area contributed by atoms with Crippen molar-refractivity contribution >= 4 is 5.97 Å². The molecule has 3 unspecified atom stereocenters. The van der Waals surface area contributed by atoms with Gasteiger partial charge in [0.1, 0.15) is 0 Å². The van der Waals surface area contributed by atoms with Gasteiger partial charge in [-0.2, -0.15) is 0 Å². The molecule has 0 amide bonds. The molecular weight excluding hydrogens is 188 g/mol. The fraction of sp³-hybridized carbons (Fsp3) is 0.769. The zero-order valence-corrected chi connectivity index (χ0v) is 10.4. The topological polar surface area (TPSA) is 37.3 Å². The van der Waals surface area contributed by atoms with E-state index in [4.69, 9.17) is 5.11 Å². The molecule has 0 aromatic heterocycles. The van der Waals surface area contributed by atoms with E-state index in [2.05, 4.69) is 26.0 Å². The summed E-state index contributed by atoms with van der Waals surface area (Å²) >= 11 is 0. The van der Waals surface area contributed by atoms with Crippen LogP contribution >= 0.6 is 0 Å². The molecule has 0 saturated carbocycles. The van der Waals surface area contributed by atoms with Crippen LogP contribution in [0, 0.1) is 17.8 Å². The van der Waals surface area contributed by atoms with Gasteiger partial charge in [-0.15, -0.1) is 0 Å². The Balaban J connectivity index is 3.81. The lowest BCUT2D eigenvalue weighted by Gasteiger charge is -2.19. The number of carboxylic acids is 1. The maximum atomic E-state index is 10.5. The molecule has 0 rings (SSSR count). The normalized spacial score (nSPS) is 17.6. The molecule has 2 nitrogen and oxygen atoms in total. The minimum atomic E-state index is -0.684. The van der Waals surface area contributed by atoms with Crippen molar-refractivity contribution in [2.24, 2.45) is 17.8 Å². The second-order valence-corrected chi connectivity index (χ2v) is 4.63. The van der Waals surface area contributed by atoms with Crippen LogP contribution in [0.2, 0.25) is 0 Å². The summed E-state index contributed by atoms with van der Waals surface area (Å²) < 4.78 is 0. The molecular formula is C13H24O2. The van der Waals surface area contributed by atoms with Gasteiger partial charge in [-0.1, -0.05) is 32.9 Å². The van der Waals surface area contributed by atoms with Crippen LogP contribution in [0.1, 0.15) is 47.0 Å². The zero-order valence-electron chi connectivity index (χ0n) is 10.4. The molecule has 0 aliphatic rings. The highest BCUT2D eigenvalue weighted by Crippen LogP contribution is 2.22. The van der Waals surface area contributed by atoms with Gasteiger partial charge in [0, 0.05) is 6.42 Å². The number of carbonyl (C=O) groups is 1. The minimum absolute atomic E-state index is 0.278. The van der Waals surface area contributed by atoms with Gasteiger partial charge < -0.3 is 5.11 Å². The average Bonchev–Trinajstić information content (AvgIpc) is 2.13. The van der Waals surface area contributed by atoms with Crippen molar-refractivity contribution in [2.45, 2.75) is 47.0 Å². The van der Waals surface area contributed by atoms with Crippen LogP contribution in [0.15, 0.2) is 12.2 Å². The lowest BCUT2D eigenvalue weighted by atomic mass is 9.87. The predicted octanol–water partition coefficient (Wildman–Crippen LogP) is 3.73. The van der Waals surface area contributed by atoms with E-state index in [1.54, 1.807) is 0 Å². The summed E-state index contributed by atoms with van der Waals surface area (Å²) in [5.74, 6) is 0.694. The predicted molar refractivity (Wildman–Crippen MR) is 63.8 cm³/mol. The SMILES string of the molecule is CC=CC(C)CCC(C)C(C)CC(=O)O. The van der Waals surface area contributed by atoms with Crippen LogP contribution in [0.4, 0.5) is 0 Å². The molecule has 0 saturated heterocycles. The third kappa shape index (κ3) is 7.18. The quantitative estimate of drug-likeness (QED) is 0.653. The Morgan fingerprint density at radius 3 is 2.27 bits per heavy atom. The van der Waals surface area contributed by atoms with Crippen molar-refractivity contribution in [3.8, 4) is 0 Å². The summed E-state index contributed by atoms with van der Waals surface area (Å²) in [7, 11) is 0. The van der Waals surface area contributed by atoms with Crippen LogP contribution in [-0.4, -0.2) is 11.1 Å². The van der Waals surface area contributed by atoms with Gasteiger partial charge in [0.15, 0.2) is 0 Å². The van der Waals surface area contributed by atoms with E-state index in [0.29, 0.717) is 18.3 Å². The first-order valence-corrected chi connectivity index (χ1v) is 5.82. The number of hydrogen-bond donors (Lipinski definition) is 1. The smallest absolute Gasteiger partial charge is 0.303 e. The number of aliphatic carboxylic acids is 1. The van der Waals surface area contributed by atoms with Crippen molar-refractivity contribution in [2.75, 3.05) is 0 Å². The highest BCUT2D eigenvalue weighted by atomic mass is 16.4. The Morgan fingerprint density at radius 1 is 1.20 bits per heavy atom. The summed E-state index contributed by atoms with van der Waals surface area (Å²) in [5, 5.41) is 8.68. The molecule has 0 aliphatic carbocycles. The Kier molecular flexibility index (Phi) is 7.10. The van der Waals surface area contributed by atoms with E-state index >= 15 is 0 Å².